The molecule has 0 spiro atoms. The number of nitrogens with two attached hydrogens (primary N) is 1. The van der Waals surface area contributed by atoms with Crippen LogP contribution in [0.1, 0.15) is 85.2 Å². The lowest BCUT2D eigenvalue weighted by Gasteiger charge is -2.21. The number of amides is 2. The van der Waals surface area contributed by atoms with Gasteiger partial charge in [-0.25, -0.2) is 40.3 Å². The number of hydrogen-bond donors (Lipinski definition) is 3. The van der Waals surface area contributed by atoms with Crippen LogP contribution in [0.15, 0.2) is 58.3 Å². The predicted molar refractivity (Wildman–Crippen MR) is 163 cm³/mol. The van der Waals surface area contributed by atoms with E-state index >= 15 is 0 Å². The van der Waals surface area contributed by atoms with E-state index in [9.17, 15) is 40.0 Å². The molecular formula is C29H32ClF2N3O7S2. The fraction of sp³-hybridized carbons (Fsp3) is 0.276. The zero-order chi connectivity index (χ0) is 33.7. The standard InChI is InChI=1S/C21H24ClFN2O4S.C8H8FNO3S/c1-11(2)16-8-14(22)9-17(12(3)4)20(16)24-21(27)25-30(28,29)15-6-7-19(23)18(10-15)13(5)26;1-5(11)7-4-6(14(10,12)13)2-3-8(7)9/h6-12H,1-5H3,(H2,24,25,27);2-4H,1H3,(H2,10,12,13). The van der Waals surface area contributed by atoms with E-state index in [2.05, 4.69) is 5.32 Å². The number of carbonyl (C=O) groups is 3. The summed E-state index contributed by atoms with van der Waals surface area (Å²) in [5, 5.41) is 7.95. The van der Waals surface area contributed by atoms with Gasteiger partial charge in [0, 0.05) is 10.7 Å². The normalized spacial score (nSPS) is 11.5. The molecule has 0 aromatic heterocycles. The third kappa shape index (κ3) is 9.39. The summed E-state index contributed by atoms with van der Waals surface area (Å²) in [6, 6.07) is 8.06. The summed E-state index contributed by atoms with van der Waals surface area (Å²) in [5.41, 5.74) is 1.36. The number of rotatable bonds is 8. The topological polar surface area (TPSA) is 170 Å². The summed E-state index contributed by atoms with van der Waals surface area (Å²) >= 11 is 6.20. The first-order valence-corrected chi connectivity index (χ1v) is 16.4. The number of primary sulfonamides is 1. The predicted octanol–water partition coefficient (Wildman–Crippen LogP) is 6.11. The van der Waals surface area contributed by atoms with Crippen molar-refractivity contribution in [3.63, 3.8) is 0 Å². The number of ketones is 2. The van der Waals surface area contributed by atoms with Crippen LogP contribution in [-0.2, 0) is 20.0 Å². The molecule has 4 N–H and O–H groups in total. The van der Waals surface area contributed by atoms with E-state index in [0.717, 1.165) is 61.4 Å². The van der Waals surface area contributed by atoms with Crippen LogP contribution < -0.4 is 15.2 Å². The molecule has 3 aromatic rings. The Kier molecular flexibility index (Phi) is 11.9. The molecule has 2 amide bonds. The van der Waals surface area contributed by atoms with Crippen LogP contribution in [-0.4, -0.2) is 34.4 Å². The molecule has 15 heteroatoms. The van der Waals surface area contributed by atoms with Gasteiger partial charge in [-0.05, 0) is 85.3 Å². The van der Waals surface area contributed by atoms with Crippen LogP contribution in [0, 0.1) is 11.6 Å². The van der Waals surface area contributed by atoms with Crippen molar-refractivity contribution in [2.75, 3.05) is 5.32 Å². The van der Waals surface area contributed by atoms with Gasteiger partial charge >= 0.3 is 6.03 Å². The Hall–Kier alpha value is -3.72. The minimum Gasteiger partial charge on any atom is -0.307 e. The molecule has 0 saturated carbocycles. The van der Waals surface area contributed by atoms with Gasteiger partial charge in [0.15, 0.2) is 11.6 Å². The average molecular weight is 672 g/mol. The van der Waals surface area contributed by atoms with Gasteiger partial charge in [0.05, 0.1) is 20.9 Å². The lowest BCUT2D eigenvalue weighted by Crippen LogP contribution is -2.35. The van der Waals surface area contributed by atoms with E-state index < -0.39 is 54.2 Å². The molecule has 0 heterocycles. The van der Waals surface area contributed by atoms with Crippen molar-refractivity contribution in [1.29, 1.82) is 0 Å². The quantitative estimate of drug-likeness (QED) is 0.242. The maximum Gasteiger partial charge on any atom is 0.333 e. The van der Waals surface area contributed by atoms with Gasteiger partial charge in [-0.2, -0.15) is 0 Å². The van der Waals surface area contributed by atoms with E-state index in [1.807, 2.05) is 32.4 Å². The first-order valence-electron chi connectivity index (χ1n) is 13.0. The Morgan fingerprint density at radius 2 is 1.16 bits per heavy atom. The average Bonchev–Trinajstić information content (AvgIpc) is 2.88. The second-order valence-electron chi connectivity index (χ2n) is 10.3. The fourth-order valence-electron chi connectivity index (χ4n) is 3.92. The molecule has 238 valence electrons. The zero-order valence-electron chi connectivity index (χ0n) is 24.7. The fourth-order valence-corrected chi connectivity index (χ4v) is 5.63. The molecule has 10 nitrogen and oxygen atoms in total. The first kappa shape index (κ1) is 36.5. The van der Waals surface area contributed by atoms with Crippen LogP contribution in [0.2, 0.25) is 5.02 Å². The van der Waals surface area contributed by atoms with Gasteiger partial charge in [0.2, 0.25) is 10.0 Å². The number of Topliss-reactive ketones (excluding diaryl/α,β-unsaturated/α-hetero) is 2. The van der Waals surface area contributed by atoms with Gasteiger partial charge in [-0.3, -0.25) is 9.59 Å². The number of anilines is 1. The van der Waals surface area contributed by atoms with Crippen molar-refractivity contribution in [3.8, 4) is 0 Å². The molecule has 0 saturated heterocycles. The zero-order valence-corrected chi connectivity index (χ0v) is 27.0. The third-order valence-electron chi connectivity index (χ3n) is 6.15. The minimum absolute atomic E-state index is 0.0170. The van der Waals surface area contributed by atoms with Crippen LogP contribution in [0.4, 0.5) is 19.3 Å². The van der Waals surface area contributed by atoms with E-state index in [1.165, 1.54) is 0 Å². The van der Waals surface area contributed by atoms with Crippen molar-refractivity contribution in [3.05, 3.63) is 87.4 Å². The number of nitrogens with one attached hydrogen (secondary N) is 2. The first-order chi connectivity index (χ1) is 20.1. The summed E-state index contributed by atoms with van der Waals surface area (Å²) in [7, 11) is -8.23. The molecule has 3 rings (SSSR count). The third-order valence-corrected chi connectivity index (χ3v) is 8.60. The molecule has 0 aliphatic rings. The van der Waals surface area contributed by atoms with Gasteiger partial charge < -0.3 is 5.32 Å². The van der Waals surface area contributed by atoms with Crippen LogP contribution in [0.5, 0.6) is 0 Å². The van der Waals surface area contributed by atoms with Crippen molar-refractivity contribution < 1.29 is 40.0 Å². The minimum atomic E-state index is -4.33. The lowest BCUT2D eigenvalue weighted by molar-refractivity contribution is 0.100. The second kappa shape index (κ2) is 14.4. The van der Waals surface area contributed by atoms with Crippen molar-refractivity contribution >= 4 is 54.9 Å². The summed E-state index contributed by atoms with van der Waals surface area (Å²) in [5.74, 6) is -2.74. The van der Waals surface area contributed by atoms with E-state index in [-0.39, 0.29) is 27.9 Å². The van der Waals surface area contributed by atoms with E-state index in [1.54, 1.807) is 12.1 Å². The number of hydrogen-bond acceptors (Lipinski definition) is 7. The monoisotopic (exact) mass is 671 g/mol. The molecule has 0 unspecified atom stereocenters. The number of urea groups is 1. The molecule has 0 aliphatic carbocycles. The van der Waals surface area contributed by atoms with Gasteiger partial charge in [0.25, 0.3) is 10.0 Å². The summed E-state index contributed by atoms with van der Waals surface area (Å²) in [6.45, 7) is 9.98. The van der Waals surface area contributed by atoms with Crippen molar-refractivity contribution in [1.82, 2.24) is 4.72 Å². The van der Waals surface area contributed by atoms with Gasteiger partial charge in [-0.15, -0.1) is 0 Å². The van der Waals surface area contributed by atoms with E-state index in [4.69, 9.17) is 16.7 Å². The number of halogens is 3. The molecular weight excluding hydrogens is 640 g/mol. The smallest absolute Gasteiger partial charge is 0.307 e. The Balaban J connectivity index is 0.000000402. The summed E-state index contributed by atoms with van der Waals surface area (Å²) in [4.78, 5) is 34.2. The highest BCUT2D eigenvalue weighted by Gasteiger charge is 2.23. The highest BCUT2D eigenvalue weighted by molar-refractivity contribution is 7.90. The number of carbonyl (C=O) groups excluding carboxylic acids is 3. The molecule has 0 fully saturated rings. The molecule has 0 bridgehead atoms. The van der Waals surface area contributed by atoms with Crippen LogP contribution in [0.3, 0.4) is 0 Å². The molecule has 0 aliphatic heterocycles. The highest BCUT2D eigenvalue weighted by Crippen LogP contribution is 2.35. The van der Waals surface area contributed by atoms with Crippen molar-refractivity contribution in [2.24, 2.45) is 5.14 Å². The maximum absolute atomic E-state index is 13.7. The highest BCUT2D eigenvalue weighted by atomic mass is 35.5. The van der Waals surface area contributed by atoms with Crippen LogP contribution in [0.25, 0.3) is 0 Å². The van der Waals surface area contributed by atoms with Gasteiger partial charge in [-0.1, -0.05) is 39.3 Å². The molecule has 3 aromatic carbocycles. The molecule has 0 atom stereocenters. The summed E-state index contributed by atoms with van der Waals surface area (Å²) < 4.78 is 75.5. The van der Waals surface area contributed by atoms with Crippen molar-refractivity contribution in [2.45, 2.75) is 63.2 Å². The Morgan fingerprint density at radius 1 is 0.750 bits per heavy atom. The SMILES string of the molecule is CC(=O)c1cc(S(=O)(=O)NC(=O)Nc2c(C(C)C)cc(Cl)cc2C(C)C)ccc1F.CC(=O)c1cc(S(N)(=O)=O)ccc1F. The lowest BCUT2D eigenvalue weighted by atomic mass is 9.92. The maximum atomic E-state index is 13.7. The molecule has 0 radical (unpaired) electrons. The Bertz CT molecular complexity index is 1800. The molecule has 44 heavy (non-hydrogen) atoms. The number of benzene rings is 3. The Morgan fingerprint density at radius 3 is 1.55 bits per heavy atom. The van der Waals surface area contributed by atoms with E-state index in [0.29, 0.717) is 10.7 Å². The second-order valence-corrected chi connectivity index (χ2v) is 13.9. The largest absolute Gasteiger partial charge is 0.333 e. The van der Waals surface area contributed by atoms with Crippen LogP contribution >= 0.6 is 11.6 Å². The Labute approximate surface area is 260 Å². The van der Waals surface area contributed by atoms with Gasteiger partial charge in [0.1, 0.15) is 11.6 Å². The number of sulfonamides is 2. The summed E-state index contributed by atoms with van der Waals surface area (Å²) in [6.07, 6.45) is 0.